The van der Waals surface area contributed by atoms with Gasteiger partial charge in [0, 0.05) is 11.6 Å². The van der Waals surface area contributed by atoms with E-state index in [2.05, 4.69) is 15.9 Å². The topological polar surface area (TPSA) is 53.2 Å². The highest BCUT2D eigenvalue weighted by Crippen LogP contribution is 2.36. The molecule has 0 saturated heterocycles. The molecule has 0 fully saturated rings. The third kappa shape index (κ3) is 3.53. The number of nitrogens with zero attached hydrogens (tertiary/aromatic N) is 1. The lowest BCUT2D eigenvalue weighted by Gasteiger charge is -2.14. The molecule has 0 saturated carbocycles. The fourth-order valence-corrected chi connectivity index (χ4v) is 2.46. The molecule has 1 atom stereocenters. The molecule has 0 aliphatic heterocycles. The number of hydrogen-bond acceptors (Lipinski definition) is 3. The number of halogens is 3. The van der Waals surface area contributed by atoms with Gasteiger partial charge in [-0.1, -0.05) is 17.7 Å². The van der Waals surface area contributed by atoms with Gasteiger partial charge in [-0.15, -0.1) is 0 Å². The molecule has 0 bridgehead atoms. The van der Waals surface area contributed by atoms with Crippen LogP contribution < -0.4 is 4.74 Å². The summed E-state index contributed by atoms with van der Waals surface area (Å²) in [5, 5.41) is 18.7. The van der Waals surface area contributed by atoms with Crippen molar-refractivity contribution in [3.63, 3.8) is 0 Å². The molecule has 3 nitrogen and oxygen atoms in total. The Bertz CT molecular complexity index is 728. The Morgan fingerprint density at radius 1 is 1.33 bits per heavy atom. The van der Waals surface area contributed by atoms with Crippen LogP contribution >= 0.6 is 27.5 Å². The molecule has 2 aromatic carbocycles. The number of benzene rings is 2. The van der Waals surface area contributed by atoms with Gasteiger partial charge in [0.1, 0.15) is 17.3 Å². The molecule has 108 valence electrons. The van der Waals surface area contributed by atoms with Crippen molar-refractivity contribution in [3.05, 3.63) is 56.8 Å². The van der Waals surface area contributed by atoms with Gasteiger partial charge in [0.25, 0.3) is 0 Å². The van der Waals surface area contributed by atoms with Crippen molar-refractivity contribution in [2.45, 2.75) is 13.0 Å². The van der Waals surface area contributed by atoms with Gasteiger partial charge in [0.15, 0.2) is 0 Å². The minimum absolute atomic E-state index is 0.0317. The zero-order valence-electron chi connectivity index (χ0n) is 10.9. The first-order valence-electron chi connectivity index (χ1n) is 5.97. The quantitative estimate of drug-likeness (QED) is 0.777. The molecule has 0 aliphatic carbocycles. The Hall–Kier alpha value is -1.61. The minimum Gasteiger partial charge on any atom is -0.456 e. The van der Waals surface area contributed by atoms with Gasteiger partial charge in [0.2, 0.25) is 0 Å². The standard InChI is InChI=1S/C15H10BrClFNO2/c1-8(20)10-3-2-9(7-19)4-14(10)21-15-6-13(18)12(17)5-11(15)16/h2-6,8,20H,1H3/t8-/m1/s1. The largest absolute Gasteiger partial charge is 0.456 e. The first kappa shape index (κ1) is 15.8. The van der Waals surface area contributed by atoms with E-state index < -0.39 is 11.9 Å². The number of aliphatic hydroxyl groups excluding tert-OH is 1. The third-order valence-corrected chi connectivity index (χ3v) is 3.70. The minimum atomic E-state index is -0.788. The SMILES string of the molecule is C[C@@H](O)c1ccc(C#N)cc1Oc1cc(F)c(Cl)cc1Br. The summed E-state index contributed by atoms with van der Waals surface area (Å²) >= 11 is 8.91. The van der Waals surface area contributed by atoms with Crippen LogP contribution in [0.5, 0.6) is 11.5 Å². The second-order valence-electron chi connectivity index (χ2n) is 4.34. The van der Waals surface area contributed by atoms with E-state index in [0.717, 1.165) is 6.07 Å². The molecular formula is C15H10BrClFNO2. The Morgan fingerprint density at radius 2 is 2.05 bits per heavy atom. The highest BCUT2D eigenvalue weighted by atomic mass is 79.9. The Kier molecular flexibility index (Phi) is 4.84. The van der Waals surface area contributed by atoms with E-state index in [-0.39, 0.29) is 16.5 Å². The highest BCUT2D eigenvalue weighted by Gasteiger charge is 2.14. The fourth-order valence-electron chi connectivity index (χ4n) is 1.74. The van der Waals surface area contributed by atoms with Gasteiger partial charge in [-0.25, -0.2) is 4.39 Å². The second kappa shape index (κ2) is 6.44. The molecule has 0 aliphatic rings. The summed E-state index contributed by atoms with van der Waals surface area (Å²) < 4.78 is 19.6. The normalized spacial score (nSPS) is 11.8. The lowest BCUT2D eigenvalue weighted by atomic mass is 10.1. The molecule has 0 unspecified atom stereocenters. The zero-order chi connectivity index (χ0) is 15.6. The maximum Gasteiger partial charge on any atom is 0.145 e. The predicted octanol–water partition coefficient (Wildman–Crippen LogP) is 4.96. The van der Waals surface area contributed by atoms with Crippen molar-refractivity contribution < 1.29 is 14.2 Å². The summed E-state index contributed by atoms with van der Waals surface area (Å²) in [6, 6.07) is 9.16. The molecule has 0 amide bonds. The maximum atomic E-state index is 13.5. The molecule has 0 spiro atoms. The van der Waals surface area contributed by atoms with E-state index in [1.54, 1.807) is 19.1 Å². The van der Waals surface area contributed by atoms with Crippen LogP contribution in [0.25, 0.3) is 0 Å². The molecule has 2 rings (SSSR count). The van der Waals surface area contributed by atoms with E-state index in [0.29, 0.717) is 15.6 Å². The average molecular weight is 371 g/mol. The number of hydrogen-bond donors (Lipinski definition) is 1. The smallest absolute Gasteiger partial charge is 0.145 e. The first-order valence-corrected chi connectivity index (χ1v) is 7.14. The second-order valence-corrected chi connectivity index (χ2v) is 5.60. The van der Waals surface area contributed by atoms with Crippen molar-refractivity contribution in [2.75, 3.05) is 0 Å². The summed E-state index contributed by atoms with van der Waals surface area (Å²) in [6.07, 6.45) is -0.788. The molecule has 1 N–H and O–H groups in total. The van der Waals surface area contributed by atoms with E-state index in [9.17, 15) is 9.50 Å². The van der Waals surface area contributed by atoms with E-state index >= 15 is 0 Å². The van der Waals surface area contributed by atoms with Gasteiger partial charge in [-0.05, 0) is 41.1 Å². The fraction of sp³-hybridized carbons (Fsp3) is 0.133. The zero-order valence-corrected chi connectivity index (χ0v) is 13.2. The van der Waals surface area contributed by atoms with Crippen LogP contribution in [0.15, 0.2) is 34.8 Å². The van der Waals surface area contributed by atoms with Crippen molar-refractivity contribution in [1.29, 1.82) is 5.26 Å². The summed E-state index contributed by atoms with van der Waals surface area (Å²) in [5.41, 5.74) is 0.871. The Balaban J connectivity index is 2.48. The Morgan fingerprint density at radius 3 is 2.67 bits per heavy atom. The van der Waals surface area contributed by atoms with E-state index in [4.69, 9.17) is 21.6 Å². The third-order valence-electron chi connectivity index (χ3n) is 2.79. The van der Waals surface area contributed by atoms with Gasteiger partial charge in [0.05, 0.1) is 27.2 Å². The van der Waals surface area contributed by atoms with Crippen LogP contribution in [0.4, 0.5) is 4.39 Å². The summed E-state index contributed by atoms with van der Waals surface area (Å²) in [5.74, 6) is -0.134. The molecule has 2 aromatic rings. The van der Waals surface area contributed by atoms with Crippen molar-refractivity contribution >= 4 is 27.5 Å². The predicted molar refractivity (Wildman–Crippen MR) is 81.0 cm³/mol. The molecule has 0 aromatic heterocycles. The molecule has 21 heavy (non-hydrogen) atoms. The summed E-state index contributed by atoms with van der Waals surface area (Å²) in [6.45, 7) is 1.58. The number of nitriles is 1. The lowest BCUT2D eigenvalue weighted by Crippen LogP contribution is -1.97. The van der Waals surface area contributed by atoms with Crippen LogP contribution in [0, 0.1) is 17.1 Å². The monoisotopic (exact) mass is 369 g/mol. The average Bonchev–Trinajstić information content (AvgIpc) is 2.44. The molecular weight excluding hydrogens is 361 g/mol. The molecule has 0 heterocycles. The highest BCUT2D eigenvalue weighted by molar-refractivity contribution is 9.10. The lowest BCUT2D eigenvalue weighted by molar-refractivity contribution is 0.195. The van der Waals surface area contributed by atoms with E-state index in [1.807, 2.05) is 6.07 Å². The van der Waals surface area contributed by atoms with Gasteiger partial charge < -0.3 is 9.84 Å². The van der Waals surface area contributed by atoms with Gasteiger partial charge in [-0.2, -0.15) is 5.26 Å². The number of rotatable bonds is 3. The number of aliphatic hydroxyl groups is 1. The van der Waals surface area contributed by atoms with Crippen molar-refractivity contribution in [2.24, 2.45) is 0 Å². The van der Waals surface area contributed by atoms with Crippen LogP contribution in [-0.4, -0.2) is 5.11 Å². The van der Waals surface area contributed by atoms with Gasteiger partial charge in [-0.3, -0.25) is 0 Å². The van der Waals surface area contributed by atoms with Crippen LogP contribution in [0.1, 0.15) is 24.2 Å². The van der Waals surface area contributed by atoms with Crippen molar-refractivity contribution in [3.8, 4) is 17.6 Å². The molecule has 0 radical (unpaired) electrons. The summed E-state index contributed by atoms with van der Waals surface area (Å²) in [4.78, 5) is 0. The van der Waals surface area contributed by atoms with Crippen LogP contribution in [0.2, 0.25) is 5.02 Å². The van der Waals surface area contributed by atoms with Crippen LogP contribution in [-0.2, 0) is 0 Å². The summed E-state index contributed by atoms with van der Waals surface area (Å²) in [7, 11) is 0. The van der Waals surface area contributed by atoms with Gasteiger partial charge >= 0.3 is 0 Å². The van der Waals surface area contributed by atoms with Crippen molar-refractivity contribution in [1.82, 2.24) is 0 Å². The molecule has 6 heteroatoms. The van der Waals surface area contributed by atoms with Crippen LogP contribution in [0.3, 0.4) is 0 Å². The first-order chi connectivity index (χ1) is 9.92. The maximum absolute atomic E-state index is 13.5. The van der Waals surface area contributed by atoms with E-state index in [1.165, 1.54) is 12.1 Å². The Labute approximate surface area is 134 Å². The number of ether oxygens (including phenoxy) is 1.